The molecule has 37 atom stereocenters. The topological polar surface area (TPSA) is 656 Å². The molecule has 0 amide bonds. The summed E-state index contributed by atoms with van der Waals surface area (Å²) in [5, 5.41) is 250. The highest BCUT2D eigenvalue weighted by atomic mass is 32.2. The third kappa shape index (κ3) is 21.2. The Bertz CT molecular complexity index is 2560. The molecule has 0 aliphatic carbocycles. The molecular formula is C59H99NO41S2. The smallest absolute Gasteiger partial charge is 0.307 e. The van der Waals surface area contributed by atoms with Crippen LogP contribution in [0.15, 0.2) is 0 Å². The molecule has 0 aromatic carbocycles. The van der Waals surface area contributed by atoms with Crippen LogP contribution in [-0.2, 0) is 90.2 Å². The van der Waals surface area contributed by atoms with E-state index in [0.717, 1.165) is 23.5 Å². The quantitative estimate of drug-likeness (QED) is 0.0268. The van der Waals surface area contributed by atoms with E-state index in [1.165, 1.54) is 14.0 Å². The Morgan fingerprint density at radius 2 is 0.621 bits per heavy atom. The van der Waals surface area contributed by atoms with E-state index in [1.54, 1.807) is 0 Å². The molecule has 0 spiro atoms. The number of Topliss-reactive ketones (excluding diaryl/α,β-unsaturated/α-hetero) is 2. The molecule has 21 aliphatic rings. The zero-order valence-electron chi connectivity index (χ0n) is 55.7. The molecule has 16 unspecified atom stereocenters. The standard InChI is InChI=1S/C59H99NO41S2/c1-19(66)3-5-86-7-8-87-6-4-21(67)9-20(51(82)83)15-102-17-28-49-35(73)42(80)58(93-28)98-47-26(13-64)89-55(38(76)31(47)69)97-46-25(12-63)92-57(41(79)34(46)72)101-50-29(18-103-16-22(60-2)52(84)85)94-59(43(81)36(50)74)99-48-27(14-65)90-54(39(77)32(48)70)95-44-23(10-61)88-53(37(75)30(44)68)96-45-24(11-62)91-56(100-49)40(78)33(45)71/h20,22-50,52-65,68-81,84-85H,3-18H2,1-2H3,(H,82,83)/t20?,22?,23?,24?,25?,26?,27?,28?,29?,30-,31-,32-,33-,34-,35-,36-,37+,38?,39+,40?,41?,42?,43?,44-,45-,46-,47-,48-,49-,50-,53?,54?,55+,56-,57+,58-,59-/m1/s1. The van der Waals surface area contributed by atoms with E-state index in [2.05, 4.69) is 5.32 Å². The first-order chi connectivity index (χ1) is 49.0. The van der Waals surface area contributed by atoms with Gasteiger partial charge in [0.15, 0.2) is 50.3 Å². The molecule has 21 aliphatic heterocycles. The maximum atomic E-state index is 13.0. The number of nitrogens with one attached hydrogen (secondary N) is 1. The fourth-order valence-electron chi connectivity index (χ4n) is 12.7. The molecule has 0 aromatic heterocycles. The van der Waals surface area contributed by atoms with Crippen molar-refractivity contribution >= 4 is 41.1 Å². The van der Waals surface area contributed by atoms with Crippen molar-refractivity contribution in [2.24, 2.45) is 5.92 Å². The number of thioether (sulfide) groups is 2. The molecule has 21 saturated heterocycles. The molecule has 598 valence electrons. The Hall–Kier alpha value is -2.01. The molecule has 21 fully saturated rings. The summed E-state index contributed by atoms with van der Waals surface area (Å²) in [5.41, 5.74) is 0. The molecule has 21 heterocycles. The Balaban J connectivity index is 1.08. The highest BCUT2D eigenvalue weighted by Crippen LogP contribution is 2.40. The number of rotatable bonds is 27. The van der Waals surface area contributed by atoms with Crippen LogP contribution in [0.3, 0.4) is 0 Å². The number of aliphatic carboxylic acids is 1. The fraction of sp³-hybridized carbons (Fsp3) is 0.949. The number of likely N-dealkylation sites (N-methyl/N-ethyl adjacent to an activating group) is 1. The predicted octanol–water partition coefficient (Wildman–Crippen LogP) is -13.8. The number of hydrogen-bond acceptors (Lipinski definition) is 43. The second-order valence-corrected chi connectivity index (χ2v) is 28.0. The first-order valence-corrected chi connectivity index (χ1v) is 35.7. The SMILES string of the molecule is CNC(CSCC1O[C@@H]2O[C@@H]3C(CO)OC(O[C@@H]4C(CO)OC(O[C@@H]5C(CO)O[C@H](O[C@@H]6C(CSCC(CC(=O)CCOCCOCCC(C)=O)C(=O)O)O[C@H](O[C@@H]7C(CO)O[C@@H](O[C@@H]8C(CO)O[C@@H](O[C@H]1[C@H](O)C2O)C(O)[C@H]8O)C(O)[C@H]7O)C(O)[C@H]6O)C(O)[C@H]5O)[C@@H](O)[C@H]4O)[C@@H](O)[C@H]3O)C(O)O. The van der Waals surface area contributed by atoms with Gasteiger partial charge in [0.2, 0.25) is 0 Å². The van der Waals surface area contributed by atoms with E-state index in [1.807, 2.05) is 0 Å². The van der Waals surface area contributed by atoms with Gasteiger partial charge in [0.1, 0.15) is 170 Å². The summed E-state index contributed by atoms with van der Waals surface area (Å²) in [6.07, 6.45) is -74.7. The second-order valence-electron chi connectivity index (χ2n) is 25.9. The van der Waals surface area contributed by atoms with E-state index >= 15 is 0 Å². The average Bonchev–Trinajstić information content (AvgIpc) is 0.785. The number of carboxylic acid groups (broad SMARTS) is 1. The van der Waals surface area contributed by atoms with Gasteiger partial charge < -0.3 is 193 Å². The van der Waals surface area contributed by atoms with E-state index in [9.17, 15) is 127 Å². The number of carbonyl (C=O) groups excluding carboxylic acids is 2. The number of hydrogen-bond donors (Lipinski definition) is 23. The van der Waals surface area contributed by atoms with Gasteiger partial charge in [-0.2, -0.15) is 23.5 Å². The van der Waals surface area contributed by atoms with Crippen molar-refractivity contribution in [3.8, 4) is 0 Å². The lowest BCUT2D eigenvalue weighted by Crippen LogP contribution is -2.68. The first kappa shape index (κ1) is 86.6. The van der Waals surface area contributed by atoms with Gasteiger partial charge in [0.25, 0.3) is 0 Å². The zero-order chi connectivity index (χ0) is 75.4. The first-order valence-electron chi connectivity index (χ1n) is 33.3. The fourth-order valence-corrected chi connectivity index (χ4v) is 15.1. The summed E-state index contributed by atoms with van der Waals surface area (Å²) in [6, 6.07) is -0.988. The normalized spacial score (nSPS) is 45.0. The molecular weight excluding hydrogens is 1440 g/mol. The molecule has 21 rings (SSSR count). The highest BCUT2D eigenvalue weighted by Gasteiger charge is 2.60. The Kier molecular flexibility index (Phi) is 33.8. The lowest BCUT2D eigenvalue weighted by molar-refractivity contribution is -0.395. The van der Waals surface area contributed by atoms with Crippen LogP contribution in [0.1, 0.15) is 26.2 Å². The number of carboxylic acids is 1. The molecule has 0 radical (unpaired) electrons. The summed E-state index contributed by atoms with van der Waals surface area (Å²) >= 11 is 1.72. The Morgan fingerprint density at radius 3 is 0.864 bits per heavy atom. The minimum absolute atomic E-state index is 0.0659. The number of ketones is 2. The van der Waals surface area contributed by atoms with Crippen LogP contribution in [0.5, 0.6) is 0 Å². The van der Waals surface area contributed by atoms with Crippen LogP contribution in [-0.4, -0.2) is 447 Å². The van der Waals surface area contributed by atoms with Crippen LogP contribution in [0.25, 0.3) is 0 Å². The summed E-state index contributed by atoms with van der Waals surface area (Å²) in [4.78, 5) is 36.8. The maximum Gasteiger partial charge on any atom is 0.307 e. The van der Waals surface area contributed by atoms with E-state index in [-0.39, 0.29) is 62.3 Å². The monoisotopic (exact) mass is 1540 g/mol. The summed E-state index contributed by atoms with van der Waals surface area (Å²) in [7, 11) is 1.41. The van der Waals surface area contributed by atoms with Gasteiger partial charge >= 0.3 is 5.97 Å². The molecule has 42 nitrogen and oxygen atoms in total. The lowest BCUT2D eigenvalue weighted by Gasteiger charge is -2.50. The minimum atomic E-state index is -2.31. The van der Waals surface area contributed by atoms with Crippen LogP contribution < -0.4 is 5.32 Å². The van der Waals surface area contributed by atoms with Gasteiger partial charge in [-0.15, -0.1) is 0 Å². The summed E-state index contributed by atoms with van der Waals surface area (Å²) in [6.45, 7) is -3.87. The average molecular weight is 1540 g/mol. The van der Waals surface area contributed by atoms with E-state index in [4.69, 9.17) is 75.8 Å². The molecule has 0 aromatic rings. The number of carbonyl (C=O) groups is 3. The predicted molar refractivity (Wildman–Crippen MR) is 332 cm³/mol. The molecule has 44 heteroatoms. The van der Waals surface area contributed by atoms with Gasteiger partial charge in [-0.3, -0.25) is 14.4 Å². The lowest BCUT2D eigenvalue weighted by atomic mass is 9.95. The Labute approximate surface area is 595 Å². The van der Waals surface area contributed by atoms with Gasteiger partial charge in [0.05, 0.1) is 83.6 Å². The van der Waals surface area contributed by atoms with Crippen LogP contribution in [0.2, 0.25) is 0 Å². The minimum Gasteiger partial charge on any atom is -0.481 e. The zero-order valence-corrected chi connectivity index (χ0v) is 57.3. The van der Waals surface area contributed by atoms with Gasteiger partial charge in [-0.25, -0.2) is 0 Å². The molecule has 0 saturated carbocycles. The van der Waals surface area contributed by atoms with Crippen molar-refractivity contribution in [2.45, 2.75) is 253 Å². The number of aliphatic hydroxyl groups is 21. The maximum absolute atomic E-state index is 13.0. The van der Waals surface area contributed by atoms with Crippen molar-refractivity contribution in [3.05, 3.63) is 0 Å². The number of aliphatic hydroxyl groups excluding tert-OH is 20. The van der Waals surface area contributed by atoms with Crippen LogP contribution >= 0.6 is 23.5 Å². The van der Waals surface area contributed by atoms with Crippen molar-refractivity contribution in [1.29, 1.82) is 0 Å². The van der Waals surface area contributed by atoms with E-state index < -0.39 is 290 Å². The number of ether oxygens (including phenoxy) is 16. The van der Waals surface area contributed by atoms with Gasteiger partial charge in [0, 0.05) is 42.3 Å². The summed E-state index contributed by atoms with van der Waals surface area (Å²) < 4.78 is 93.4. The third-order valence-corrected chi connectivity index (χ3v) is 21.0. The summed E-state index contributed by atoms with van der Waals surface area (Å²) in [5.74, 6) is -4.65. The molecule has 103 heavy (non-hydrogen) atoms. The van der Waals surface area contributed by atoms with Crippen molar-refractivity contribution in [1.82, 2.24) is 5.32 Å². The van der Waals surface area contributed by atoms with Crippen LogP contribution in [0, 0.1) is 5.92 Å². The van der Waals surface area contributed by atoms with Crippen molar-refractivity contribution in [2.75, 3.05) is 89.5 Å². The largest absolute Gasteiger partial charge is 0.481 e. The third-order valence-electron chi connectivity index (χ3n) is 18.7. The van der Waals surface area contributed by atoms with Crippen molar-refractivity contribution < 1.29 is 203 Å². The van der Waals surface area contributed by atoms with Gasteiger partial charge in [-0.05, 0) is 14.0 Å². The van der Waals surface area contributed by atoms with E-state index in [0.29, 0.717) is 0 Å². The van der Waals surface area contributed by atoms with Crippen molar-refractivity contribution in [3.63, 3.8) is 0 Å². The highest BCUT2D eigenvalue weighted by molar-refractivity contribution is 7.99. The molecule has 14 bridgehead atoms. The Morgan fingerprint density at radius 1 is 0.369 bits per heavy atom. The second kappa shape index (κ2) is 40.3. The molecule has 23 N–H and O–H groups in total. The van der Waals surface area contributed by atoms with Crippen LogP contribution in [0.4, 0.5) is 0 Å². The van der Waals surface area contributed by atoms with Gasteiger partial charge in [-0.1, -0.05) is 0 Å².